The number of alkyl halides is 1. The van der Waals surface area contributed by atoms with E-state index in [1.165, 1.54) is 6.08 Å². The molecule has 1 aliphatic rings. The molecule has 2 aromatic carbocycles. The topological polar surface area (TPSA) is 124 Å². The quantitative estimate of drug-likeness (QED) is 0.164. The average molecular weight is 636 g/mol. The predicted molar refractivity (Wildman–Crippen MR) is 155 cm³/mol. The summed E-state index contributed by atoms with van der Waals surface area (Å²) in [6, 6.07) is 9.84. The number of halogens is 1. The van der Waals surface area contributed by atoms with Gasteiger partial charge in [-0.15, -0.1) is 5.10 Å². The summed E-state index contributed by atoms with van der Waals surface area (Å²) in [7, 11) is -4.12. The standard InChI is InChI=1S/C28H35BrN4O6S/c1-4-38-27(35)17-24(23-10-11-25-28(20(23)3)30-31-33(25)14-7-5-6-13-29)21-9-8-19(2)22(16-21)18-32-15-12-26(34)39-40(32,36)37/h8-12,16,24,34H,4-7,13-15,17-18H2,1-3H3. The van der Waals surface area contributed by atoms with Gasteiger partial charge in [0.2, 0.25) is 0 Å². The molecule has 10 nitrogen and oxygen atoms in total. The van der Waals surface area contributed by atoms with Crippen molar-refractivity contribution in [2.45, 2.75) is 65.5 Å². The lowest BCUT2D eigenvalue weighted by atomic mass is 9.84. The Morgan fingerprint density at radius 1 is 1.20 bits per heavy atom. The highest BCUT2D eigenvalue weighted by molar-refractivity contribution is 9.09. The van der Waals surface area contributed by atoms with Crippen LogP contribution in [0, 0.1) is 13.8 Å². The Morgan fingerprint density at radius 3 is 2.73 bits per heavy atom. The summed E-state index contributed by atoms with van der Waals surface area (Å²) in [5.41, 5.74) is 6.13. The Bertz CT molecular complexity index is 1500. The van der Waals surface area contributed by atoms with E-state index in [2.05, 4.69) is 30.4 Å². The van der Waals surface area contributed by atoms with Crippen molar-refractivity contribution < 1.29 is 27.2 Å². The molecule has 1 unspecified atom stereocenters. The molecule has 4 rings (SSSR count). The molecule has 1 N–H and O–H groups in total. The molecule has 2 heterocycles. The number of fused-ring (bicyclic) bond motifs is 1. The minimum atomic E-state index is -4.12. The molecule has 3 aromatic rings. The lowest BCUT2D eigenvalue weighted by Crippen LogP contribution is -2.35. The van der Waals surface area contributed by atoms with E-state index in [9.17, 15) is 18.3 Å². The fourth-order valence-electron chi connectivity index (χ4n) is 4.93. The molecular formula is C28H35BrN4O6S. The summed E-state index contributed by atoms with van der Waals surface area (Å²) in [5, 5.41) is 19.4. The number of unbranched alkanes of at least 4 members (excludes halogenated alkanes) is 2. The second kappa shape index (κ2) is 13.1. The van der Waals surface area contributed by atoms with Gasteiger partial charge in [-0.1, -0.05) is 51.8 Å². The van der Waals surface area contributed by atoms with Crippen molar-refractivity contribution in [1.82, 2.24) is 19.3 Å². The molecule has 12 heteroatoms. The highest BCUT2D eigenvalue weighted by atomic mass is 79.9. The molecule has 1 aromatic heterocycles. The molecular weight excluding hydrogens is 600 g/mol. The van der Waals surface area contributed by atoms with Crippen molar-refractivity contribution in [1.29, 1.82) is 0 Å². The minimum absolute atomic E-state index is 0.00830. The van der Waals surface area contributed by atoms with Crippen molar-refractivity contribution in [3.05, 3.63) is 70.2 Å². The predicted octanol–water partition coefficient (Wildman–Crippen LogP) is 5.17. The molecule has 0 bridgehead atoms. The first-order valence-electron chi connectivity index (χ1n) is 13.4. The lowest BCUT2D eigenvalue weighted by Gasteiger charge is -2.25. The van der Waals surface area contributed by atoms with Gasteiger partial charge in [0, 0.05) is 37.0 Å². The largest absolute Gasteiger partial charge is 0.480 e. The van der Waals surface area contributed by atoms with E-state index in [1.807, 2.05) is 48.9 Å². The van der Waals surface area contributed by atoms with Crippen LogP contribution in [0.4, 0.5) is 0 Å². The Kier molecular flexibility index (Phi) is 9.85. The lowest BCUT2D eigenvalue weighted by molar-refractivity contribution is -0.143. The average Bonchev–Trinajstić information content (AvgIpc) is 3.32. The van der Waals surface area contributed by atoms with Gasteiger partial charge in [0.1, 0.15) is 5.52 Å². The van der Waals surface area contributed by atoms with Gasteiger partial charge in [0.25, 0.3) is 5.95 Å². The van der Waals surface area contributed by atoms with Gasteiger partial charge in [-0.25, -0.2) is 4.68 Å². The van der Waals surface area contributed by atoms with E-state index in [-0.39, 0.29) is 38.0 Å². The number of nitrogens with zero attached hydrogens (tertiary/aromatic N) is 4. The molecule has 0 radical (unpaired) electrons. The highest BCUT2D eigenvalue weighted by Crippen LogP contribution is 2.35. The molecule has 0 saturated carbocycles. The summed E-state index contributed by atoms with van der Waals surface area (Å²) >= 11 is 3.47. The number of rotatable bonds is 12. The van der Waals surface area contributed by atoms with Crippen LogP contribution in [0.2, 0.25) is 0 Å². The monoisotopic (exact) mass is 634 g/mol. The summed E-state index contributed by atoms with van der Waals surface area (Å²) in [6.45, 7) is 6.77. The maximum Gasteiger partial charge on any atom is 0.388 e. The third-order valence-corrected chi connectivity index (χ3v) is 8.99. The van der Waals surface area contributed by atoms with Gasteiger partial charge >= 0.3 is 16.3 Å². The molecule has 216 valence electrons. The zero-order valence-electron chi connectivity index (χ0n) is 23.0. The number of hydrogen-bond acceptors (Lipinski definition) is 8. The Labute approximate surface area is 243 Å². The fraction of sp³-hybridized carbons (Fsp3) is 0.464. The summed E-state index contributed by atoms with van der Waals surface area (Å²) in [6.07, 6.45) is 4.64. The molecule has 1 aliphatic heterocycles. The number of aromatic nitrogens is 3. The number of benzene rings is 2. The van der Waals surface area contributed by atoms with Gasteiger partial charge in [-0.05, 0) is 67.5 Å². The van der Waals surface area contributed by atoms with Crippen LogP contribution >= 0.6 is 15.9 Å². The number of hydrogen-bond donors (Lipinski definition) is 1. The zero-order valence-corrected chi connectivity index (χ0v) is 25.4. The third kappa shape index (κ3) is 6.84. The molecule has 0 spiro atoms. The normalized spacial score (nSPS) is 15.9. The smallest absolute Gasteiger partial charge is 0.388 e. The number of carbonyl (C=O) groups excluding carboxylic acids is 1. The summed E-state index contributed by atoms with van der Waals surface area (Å²) in [5.74, 6) is -1.29. The van der Waals surface area contributed by atoms with E-state index in [1.54, 1.807) is 6.92 Å². The number of aliphatic hydroxyl groups is 1. The first kappa shape index (κ1) is 30.0. The molecule has 0 saturated heterocycles. The van der Waals surface area contributed by atoms with Gasteiger partial charge in [0.05, 0.1) is 18.5 Å². The van der Waals surface area contributed by atoms with Crippen LogP contribution in [-0.4, -0.2) is 57.3 Å². The zero-order chi connectivity index (χ0) is 28.9. The molecule has 0 aliphatic carbocycles. The SMILES string of the molecule is CCOC(=O)CC(c1ccc(C)c(CN2CC=C(O)OS2(=O)=O)c1)c1ccc2c(nnn2CCCCCBr)c1C. The Morgan fingerprint density at radius 2 is 2.00 bits per heavy atom. The summed E-state index contributed by atoms with van der Waals surface area (Å²) in [4.78, 5) is 12.7. The number of esters is 1. The first-order valence-corrected chi connectivity index (χ1v) is 15.9. The molecule has 0 amide bonds. The number of aliphatic hydroxyl groups excluding tert-OH is 1. The van der Waals surface area contributed by atoms with E-state index < -0.39 is 16.2 Å². The second-order valence-corrected chi connectivity index (χ2v) is 12.2. The van der Waals surface area contributed by atoms with Crippen LogP contribution in [0.1, 0.15) is 66.3 Å². The van der Waals surface area contributed by atoms with E-state index in [0.29, 0.717) is 0 Å². The molecule has 40 heavy (non-hydrogen) atoms. The minimum Gasteiger partial charge on any atom is -0.480 e. The van der Waals surface area contributed by atoms with Crippen LogP contribution in [0.15, 0.2) is 42.4 Å². The Balaban J connectivity index is 1.70. The summed E-state index contributed by atoms with van der Waals surface area (Å²) < 4.78 is 38.0. The van der Waals surface area contributed by atoms with Gasteiger partial charge in [-0.3, -0.25) is 4.79 Å². The second-order valence-electron chi connectivity index (χ2n) is 9.83. The maximum absolute atomic E-state index is 12.7. The van der Waals surface area contributed by atoms with Gasteiger partial charge < -0.3 is 14.0 Å². The van der Waals surface area contributed by atoms with E-state index in [0.717, 1.165) is 74.3 Å². The van der Waals surface area contributed by atoms with Crippen molar-refractivity contribution in [3.8, 4) is 0 Å². The van der Waals surface area contributed by atoms with Gasteiger partial charge in [0.15, 0.2) is 0 Å². The van der Waals surface area contributed by atoms with Crippen LogP contribution in [0.25, 0.3) is 11.0 Å². The van der Waals surface area contributed by atoms with Crippen LogP contribution in [-0.2, 0) is 37.1 Å². The molecule has 1 atom stereocenters. The fourth-order valence-corrected chi connectivity index (χ4v) is 6.27. The van der Waals surface area contributed by atoms with Crippen LogP contribution in [0.5, 0.6) is 0 Å². The van der Waals surface area contributed by atoms with Crippen molar-refractivity contribution in [2.24, 2.45) is 0 Å². The number of carbonyl (C=O) groups is 1. The van der Waals surface area contributed by atoms with E-state index >= 15 is 0 Å². The van der Waals surface area contributed by atoms with E-state index in [4.69, 9.17) is 4.74 Å². The van der Waals surface area contributed by atoms with Crippen LogP contribution in [0.3, 0.4) is 0 Å². The van der Waals surface area contributed by atoms with Crippen molar-refractivity contribution in [2.75, 3.05) is 18.5 Å². The number of ether oxygens (including phenoxy) is 1. The van der Waals surface area contributed by atoms with Gasteiger partial charge in [-0.2, -0.15) is 12.7 Å². The van der Waals surface area contributed by atoms with Crippen molar-refractivity contribution in [3.63, 3.8) is 0 Å². The third-order valence-electron chi connectivity index (χ3n) is 7.14. The highest BCUT2D eigenvalue weighted by Gasteiger charge is 2.30. The Hall–Kier alpha value is -2.96. The van der Waals surface area contributed by atoms with Crippen molar-refractivity contribution >= 4 is 43.2 Å². The van der Waals surface area contributed by atoms with Crippen LogP contribution < -0.4 is 0 Å². The first-order chi connectivity index (χ1) is 19.1. The number of aryl methyl sites for hydroxylation is 3. The maximum atomic E-state index is 12.7. The molecule has 0 fully saturated rings.